The minimum absolute atomic E-state index is 0.138. The topological polar surface area (TPSA) is 81.7 Å². The Morgan fingerprint density at radius 3 is 2.79 bits per heavy atom. The van der Waals surface area contributed by atoms with E-state index in [9.17, 15) is 8.78 Å². The van der Waals surface area contributed by atoms with E-state index in [1.54, 1.807) is 24.0 Å². The van der Waals surface area contributed by atoms with Gasteiger partial charge in [0.05, 0.1) is 11.4 Å². The second-order valence-electron chi connectivity index (χ2n) is 3.86. The molecule has 2 heterocycles. The van der Waals surface area contributed by atoms with E-state index in [0.29, 0.717) is 24.5 Å². The number of anilines is 1. The van der Waals surface area contributed by atoms with E-state index in [4.69, 9.17) is 5.73 Å². The molecule has 0 fully saturated rings. The van der Waals surface area contributed by atoms with E-state index in [0.717, 1.165) is 0 Å². The molecule has 2 aromatic heterocycles. The van der Waals surface area contributed by atoms with Crippen molar-refractivity contribution in [3.05, 3.63) is 24.0 Å². The number of halogens is 2. The fraction of sp³-hybridized carbons (Fsp3) is 0.364. The summed E-state index contributed by atoms with van der Waals surface area (Å²) in [5.74, 6) is 0.138. The van der Waals surface area contributed by atoms with Crippen molar-refractivity contribution in [2.45, 2.75) is 6.43 Å². The van der Waals surface area contributed by atoms with Gasteiger partial charge in [0, 0.05) is 26.3 Å². The standard InChI is InChI=1S/C11H14F2N6/c1-19-9(2-4-16-19)7-6-8(10(12)13)18-11(17-7)15-5-3-14/h2,4,6,10H,3,5,14H2,1H3,(H,15,17,18). The van der Waals surface area contributed by atoms with Crippen LogP contribution in [0.15, 0.2) is 18.3 Å². The monoisotopic (exact) mass is 268 g/mol. The summed E-state index contributed by atoms with van der Waals surface area (Å²) in [6.45, 7) is 0.779. The summed E-state index contributed by atoms with van der Waals surface area (Å²) in [4.78, 5) is 7.94. The van der Waals surface area contributed by atoms with Crippen molar-refractivity contribution in [3.63, 3.8) is 0 Å². The molecule has 19 heavy (non-hydrogen) atoms. The second-order valence-corrected chi connectivity index (χ2v) is 3.86. The zero-order valence-electron chi connectivity index (χ0n) is 10.3. The highest BCUT2D eigenvalue weighted by Gasteiger charge is 2.15. The number of hydrogen-bond acceptors (Lipinski definition) is 5. The molecule has 0 aromatic carbocycles. The molecular formula is C11H14F2N6. The average molecular weight is 268 g/mol. The first-order valence-electron chi connectivity index (χ1n) is 5.71. The van der Waals surface area contributed by atoms with E-state index in [1.165, 1.54) is 6.07 Å². The van der Waals surface area contributed by atoms with Crippen LogP contribution in [0.1, 0.15) is 12.1 Å². The SMILES string of the molecule is Cn1nccc1-c1cc(C(F)F)nc(NCCN)n1. The normalized spacial score (nSPS) is 11.0. The van der Waals surface area contributed by atoms with Crippen molar-refractivity contribution in [2.24, 2.45) is 12.8 Å². The van der Waals surface area contributed by atoms with Crippen LogP contribution in [-0.4, -0.2) is 32.8 Å². The molecule has 0 bridgehead atoms. The van der Waals surface area contributed by atoms with Gasteiger partial charge >= 0.3 is 0 Å². The van der Waals surface area contributed by atoms with E-state index in [1.807, 2.05) is 0 Å². The summed E-state index contributed by atoms with van der Waals surface area (Å²) in [7, 11) is 1.71. The van der Waals surface area contributed by atoms with Gasteiger partial charge in [0.1, 0.15) is 5.69 Å². The van der Waals surface area contributed by atoms with Crippen LogP contribution in [0.4, 0.5) is 14.7 Å². The molecule has 6 nitrogen and oxygen atoms in total. The molecule has 0 amide bonds. The van der Waals surface area contributed by atoms with Gasteiger partial charge in [0.15, 0.2) is 0 Å². The molecule has 0 saturated heterocycles. The summed E-state index contributed by atoms with van der Waals surface area (Å²) < 4.78 is 27.2. The first-order valence-corrected chi connectivity index (χ1v) is 5.71. The lowest BCUT2D eigenvalue weighted by Gasteiger charge is -2.09. The Balaban J connectivity index is 2.42. The lowest BCUT2D eigenvalue weighted by molar-refractivity contribution is 0.146. The van der Waals surface area contributed by atoms with E-state index >= 15 is 0 Å². The van der Waals surface area contributed by atoms with Crippen LogP contribution in [0.25, 0.3) is 11.4 Å². The summed E-state index contributed by atoms with van der Waals surface area (Å²) in [6.07, 6.45) is -1.08. The Labute approximate surface area is 108 Å². The smallest absolute Gasteiger partial charge is 0.280 e. The number of nitrogens with one attached hydrogen (secondary N) is 1. The number of alkyl halides is 2. The molecule has 2 rings (SSSR count). The molecule has 0 aliphatic rings. The molecule has 0 aliphatic heterocycles. The minimum atomic E-state index is -2.66. The van der Waals surface area contributed by atoms with Crippen LogP contribution < -0.4 is 11.1 Å². The molecule has 0 aliphatic carbocycles. The lowest BCUT2D eigenvalue weighted by atomic mass is 10.2. The molecule has 0 unspecified atom stereocenters. The Kier molecular flexibility index (Phi) is 4.00. The predicted octanol–water partition coefficient (Wildman–Crippen LogP) is 1.19. The summed E-state index contributed by atoms with van der Waals surface area (Å²) >= 11 is 0. The van der Waals surface area contributed by atoms with Gasteiger partial charge in [-0.1, -0.05) is 0 Å². The van der Waals surface area contributed by atoms with E-state index in [-0.39, 0.29) is 11.6 Å². The Morgan fingerprint density at radius 2 is 2.21 bits per heavy atom. The van der Waals surface area contributed by atoms with Gasteiger partial charge in [-0.3, -0.25) is 4.68 Å². The average Bonchev–Trinajstić information content (AvgIpc) is 2.82. The van der Waals surface area contributed by atoms with Crippen molar-refractivity contribution in [1.82, 2.24) is 19.7 Å². The summed E-state index contributed by atoms with van der Waals surface area (Å²) in [6, 6.07) is 2.96. The zero-order valence-corrected chi connectivity index (χ0v) is 10.3. The van der Waals surface area contributed by atoms with Crippen molar-refractivity contribution >= 4 is 5.95 Å². The maximum absolute atomic E-state index is 12.8. The number of nitrogens with zero attached hydrogens (tertiary/aromatic N) is 4. The number of aromatic nitrogens is 4. The van der Waals surface area contributed by atoms with Crippen molar-refractivity contribution < 1.29 is 8.78 Å². The molecule has 0 atom stereocenters. The fourth-order valence-electron chi connectivity index (χ4n) is 1.60. The molecule has 102 valence electrons. The summed E-state index contributed by atoms with van der Waals surface area (Å²) in [5, 5.41) is 6.79. The first-order chi connectivity index (χ1) is 9.11. The number of rotatable bonds is 5. The largest absolute Gasteiger partial charge is 0.353 e. The molecule has 0 saturated carbocycles. The predicted molar refractivity (Wildman–Crippen MR) is 66.7 cm³/mol. The maximum atomic E-state index is 12.8. The highest BCUT2D eigenvalue weighted by Crippen LogP contribution is 2.23. The molecular weight excluding hydrogens is 254 g/mol. The lowest BCUT2D eigenvalue weighted by Crippen LogP contribution is -2.15. The van der Waals surface area contributed by atoms with Crippen LogP contribution in [0.2, 0.25) is 0 Å². The highest BCUT2D eigenvalue weighted by molar-refractivity contribution is 5.56. The number of nitrogens with two attached hydrogens (primary N) is 1. The van der Waals surface area contributed by atoms with Crippen molar-refractivity contribution in [1.29, 1.82) is 0 Å². The van der Waals surface area contributed by atoms with Gasteiger partial charge in [-0.05, 0) is 12.1 Å². The van der Waals surface area contributed by atoms with Gasteiger partial charge in [0.2, 0.25) is 5.95 Å². The number of aryl methyl sites for hydroxylation is 1. The Bertz CT molecular complexity index is 554. The van der Waals surface area contributed by atoms with Gasteiger partial charge in [-0.15, -0.1) is 0 Å². The first kappa shape index (κ1) is 13.3. The van der Waals surface area contributed by atoms with E-state index < -0.39 is 6.43 Å². The molecule has 8 heteroatoms. The maximum Gasteiger partial charge on any atom is 0.280 e. The summed E-state index contributed by atoms with van der Waals surface area (Å²) in [5.41, 5.74) is 6.05. The van der Waals surface area contributed by atoms with Crippen LogP contribution in [-0.2, 0) is 7.05 Å². The van der Waals surface area contributed by atoms with Gasteiger partial charge in [-0.2, -0.15) is 5.10 Å². The van der Waals surface area contributed by atoms with Crippen LogP contribution in [0.3, 0.4) is 0 Å². The highest BCUT2D eigenvalue weighted by atomic mass is 19.3. The molecule has 2 aromatic rings. The Hall–Kier alpha value is -2.09. The molecule has 0 radical (unpaired) electrons. The van der Waals surface area contributed by atoms with Crippen molar-refractivity contribution in [2.75, 3.05) is 18.4 Å². The minimum Gasteiger partial charge on any atom is -0.353 e. The van der Waals surface area contributed by atoms with Crippen LogP contribution >= 0.6 is 0 Å². The third kappa shape index (κ3) is 3.02. The van der Waals surface area contributed by atoms with Crippen LogP contribution in [0.5, 0.6) is 0 Å². The van der Waals surface area contributed by atoms with Crippen molar-refractivity contribution in [3.8, 4) is 11.4 Å². The van der Waals surface area contributed by atoms with E-state index in [2.05, 4.69) is 20.4 Å². The van der Waals surface area contributed by atoms with Gasteiger partial charge in [-0.25, -0.2) is 18.7 Å². The zero-order chi connectivity index (χ0) is 13.8. The van der Waals surface area contributed by atoms with Gasteiger partial charge in [0.25, 0.3) is 6.43 Å². The fourth-order valence-corrected chi connectivity index (χ4v) is 1.60. The molecule has 3 N–H and O–H groups in total. The van der Waals surface area contributed by atoms with Gasteiger partial charge < -0.3 is 11.1 Å². The quantitative estimate of drug-likeness (QED) is 0.851. The second kappa shape index (κ2) is 5.70. The Morgan fingerprint density at radius 1 is 1.42 bits per heavy atom. The number of hydrogen-bond donors (Lipinski definition) is 2. The third-order valence-corrected chi connectivity index (χ3v) is 2.48. The molecule has 0 spiro atoms. The van der Waals surface area contributed by atoms with Crippen LogP contribution in [0, 0.1) is 0 Å². The third-order valence-electron chi connectivity index (χ3n) is 2.48.